The normalized spacial score (nSPS) is 21.3. The van der Waals surface area contributed by atoms with E-state index < -0.39 is 0 Å². The first-order chi connectivity index (χ1) is 13.6. The highest BCUT2D eigenvalue weighted by atomic mass is 16.5. The number of aryl methyl sites for hydroxylation is 1. The third kappa shape index (κ3) is 3.24. The molecule has 1 saturated heterocycles. The fraction of sp³-hybridized carbons (Fsp3) is 0.591. The van der Waals surface area contributed by atoms with Gasteiger partial charge < -0.3 is 14.7 Å². The van der Waals surface area contributed by atoms with E-state index >= 15 is 0 Å². The van der Waals surface area contributed by atoms with Crippen LogP contribution in [0.25, 0.3) is 11.3 Å². The van der Waals surface area contributed by atoms with Gasteiger partial charge in [-0.1, -0.05) is 19.8 Å². The summed E-state index contributed by atoms with van der Waals surface area (Å²) < 4.78 is 5.44. The standard InChI is InChI=1S/C22H30N4O2/c1-15-5-4-7-22(15)8-11-26(12-9-22)21-18(14-27)25-20(16(2)24-21)17-6-10-23-13-19(17)28-3/h6,10,13,15,27H,4-5,7-9,11-12,14H2,1-3H3/t15-/m1/s1. The van der Waals surface area contributed by atoms with Crippen molar-refractivity contribution in [3.63, 3.8) is 0 Å². The van der Waals surface area contributed by atoms with Crippen molar-refractivity contribution in [3.05, 3.63) is 29.8 Å². The molecular weight excluding hydrogens is 352 g/mol. The highest BCUT2D eigenvalue weighted by Crippen LogP contribution is 2.50. The third-order valence-electron chi connectivity index (χ3n) is 6.95. The summed E-state index contributed by atoms with van der Waals surface area (Å²) in [5.41, 5.74) is 3.58. The molecule has 6 nitrogen and oxygen atoms in total. The van der Waals surface area contributed by atoms with Gasteiger partial charge in [0.15, 0.2) is 5.82 Å². The molecular formula is C22H30N4O2. The summed E-state index contributed by atoms with van der Waals surface area (Å²) in [7, 11) is 1.62. The van der Waals surface area contributed by atoms with E-state index in [1.165, 1.54) is 32.1 Å². The van der Waals surface area contributed by atoms with Crippen molar-refractivity contribution in [3.8, 4) is 17.0 Å². The molecule has 0 radical (unpaired) electrons. The summed E-state index contributed by atoms with van der Waals surface area (Å²) in [4.78, 5) is 16.1. The van der Waals surface area contributed by atoms with Gasteiger partial charge in [0, 0.05) is 24.8 Å². The SMILES string of the molecule is COc1cnccc1-c1nc(CO)c(N2CCC3(CCC[C@H]3C)CC2)nc1C. The van der Waals surface area contributed by atoms with Gasteiger partial charge in [0.25, 0.3) is 0 Å². The van der Waals surface area contributed by atoms with Crippen LogP contribution in [0.5, 0.6) is 5.75 Å². The van der Waals surface area contributed by atoms with Crippen molar-refractivity contribution in [2.45, 2.75) is 52.6 Å². The lowest BCUT2D eigenvalue weighted by molar-refractivity contribution is 0.161. The van der Waals surface area contributed by atoms with Gasteiger partial charge in [-0.15, -0.1) is 0 Å². The van der Waals surface area contributed by atoms with Gasteiger partial charge in [0.1, 0.15) is 11.4 Å². The molecule has 4 rings (SSSR count). The number of methoxy groups -OCH3 is 1. The van der Waals surface area contributed by atoms with E-state index in [-0.39, 0.29) is 6.61 Å². The molecule has 0 aromatic carbocycles. The molecule has 1 aliphatic carbocycles. The number of aromatic nitrogens is 3. The van der Waals surface area contributed by atoms with Crippen molar-refractivity contribution in [1.29, 1.82) is 0 Å². The van der Waals surface area contributed by atoms with Crippen LogP contribution >= 0.6 is 0 Å². The molecule has 2 fully saturated rings. The summed E-state index contributed by atoms with van der Waals surface area (Å²) in [6.07, 6.45) is 9.90. The molecule has 2 aromatic heterocycles. The average Bonchev–Trinajstić information content (AvgIpc) is 3.08. The van der Waals surface area contributed by atoms with Crippen LogP contribution in [0, 0.1) is 18.3 Å². The number of anilines is 1. The zero-order valence-corrected chi connectivity index (χ0v) is 17.1. The Hall–Kier alpha value is -2.21. The Morgan fingerprint density at radius 3 is 2.68 bits per heavy atom. The van der Waals surface area contributed by atoms with E-state index in [2.05, 4.69) is 16.8 Å². The van der Waals surface area contributed by atoms with Crippen LogP contribution in [0.4, 0.5) is 5.82 Å². The maximum Gasteiger partial charge on any atom is 0.153 e. The highest BCUT2D eigenvalue weighted by Gasteiger charge is 2.42. The number of hydrogen-bond acceptors (Lipinski definition) is 6. The smallest absolute Gasteiger partial charge is 0.153 e. The van der Waals surface area contributed by atoms with Crippen molar-refractivity contribution >= 4 is 5.82 Å². The van der Waals surface area contributed by atoms with E-state index in [1.807, 2.05) is 13.0 Å². The lowest BCUT2D eigenvalue weighted by Gasteiger charge is -2.43. The van der Waals surface area contributed by atoms with Gasteiger partial charge in [-0.25, -0.2) is 9.97 Å². The van der Waals surface area contributed by atoms with Gasteiger partial charge in [-0.2, -0.15) is 0 Å². The number of rotatable bonds is 4. The van der Waals surface area contributed by atoms with Crippen molar-refractivity contribution in [2.24, 2.45) is 11.3 Å². The fourth-order valence-electron chi connectivity index (χ4n) is 5.11. The van der Waals surface area contributed by atoms with Crippen molar-refractivity contribution in [2.75, 3.05) is 25.1 Å². The van der Waals surface area contributed by atoms with Crippen LogP contribution in [-0.4, -0.2) is 40.3 Å². The van der Waals surface area contributed by atoms with Gasteiger partial charge in [-0.3, -0.25) is 4.98 Å². The molecule has 1 N–H and O–H groups in total. The molecule has 0 bridgehead atoms. The number of nitrogens with zero attached hydrogens (tertiary/aromatic N) is 4. The summed E-state index contributed by atoms with van der Waals surface area (Å²) >= 11 is 0. The number of pyridine rings is 1. The van der Waals surface area contributed by atoms with Crippen molar-refractivity contribution in [1.82, 2.24) is 15.0 Å². The van der Waals surface area contributed by atoms with Crippen LogP contribution in [0.3, 0.4) is 0 Å². The van der Waals surface area contributed by atoms with Gasteiger partial charge >= 0.3 is 0 Å². The van der Waals surface area contributed by atoms with Crippen LogP contribution in [0.1, 0.15) is 50.4 Å². The highest BCUT2D eigenvalue weighted by molar-refractivity contribution is 5.69. The molecule has 0 unspecified atom stereocenters. The Labute approximate surface area is 167 Å². The van der Waals surface area contributed by atoms with Crippen molar-refractivity contribution < 1.29 is 9.84 Å². The summed E-state index contributed by atoms with van der Waals surface area (Å²) in [5.74, 6) is 2.31. The third-order valence-corrected chi connectivity index (χ3v) is 6.95. The number of aliphatic hydroxyl groups excluding tert-OH is 1. The minimum atomic E-state index is -0.124. The second kappa shape index (κ2) is 7.66. The molecule has 6 heteroatoms. The lowest BCUT2D eigenvalue weighted by atomic mass is 9.71. The first-order valence-electron chi connectivity index (χ1n) is 10.3. The summed E-state index contributed by atoms with van der Waals surface area (Å²) in [6, 6.07) is 1.88. The van der Waals surface area contributed by atoms with E-state index in [0.29, 0.717) is 16.9 Å². The quantitative estimate of drug-likeness (QED) is 0.868. The van der Waals surface area contributed by atoms with E-state index in [4.69, 9.17) is 14.7 Å². The second-order valence-electron chi connectivity index (χ2n) is 8.30. The molecule has 1 aliphatic heterocycles. The molecule has 2 aromatic rings. The molecule has 1 spiro atoms. The van der Waals surface area contributed by atoms with Crippen LogP contribution in [0.2, 0.25) is 0 Å². The van der Waals surface area contributed by atoms with Crippen LogP contribution in [0.15, 0.2) is 18.5 Å². The molecule has 2 aliphatic rings. The molecule has 0 amide bonds. The average molecular weight is 383 g/mol. The maximum absolute atomic E-state index is 10.0. The van der Waals surface area contributed by atoms with Crippen LogP contribution in [-0.2, 0) is 6.61 Å². The predicted molar refractivity (Wildman–Crippen MR) is 109 cm³/mol. The Morgan fingerprint density at radius 1 is 1.25 bits per heavy atom. The largest absolute Gasteiger partial charge is 0.494 e. The van der Waals surface area contributed by atoms with Crippen LogP contribution < -0.4 is 9.64 Å². The van der Waals surface area contributed by atoms with E-state index in [0.717, 1.165) is 41.8 Å². The van der Waals surface area contributed by atoms with Gasteiger partial charge in [-0.05, 0) is 43.6 Å². The Morgan fingerprint density at radius 2 is 2.04 bits per heavy atom. The fourth-order valence-corrected chi connectivity index (χ4v) is 5.11. The monoisotopic (exact) mass is 382 g/mol. The zero-order chi connectivity index (χ0) is 19.7. The Balaban J connectivity index is 1.63. The Kier molecular flexibility index (Phi) is 5.23. The molecule has 1 atom stereocenters. The first kappa shape index (κ1) is 19.1. The summed E-state index contributed by atoms with van der Waals surface area (Å²) in [5, 5.41) is 10.0. The topological polar surface area (TPSA) is 71.4 Å². The van der Waals surface area contributed by atoms with E-state index in [9.17, 15) is 5.11 Å². The number of hydrogen-bond donors (Lipinski definition) is 1. The number of aliphatic hydroxyl groups is 1. The summed E-state index contributed by atoms with van der Waals surface area (Å²) in [6.45, 7) is 6.24. The van der Waals surface area contributed by atoms with Gasteiger partial charge in [0.2, 0.25) is 0 Å². The first-order valence-corrected chi connectivity index (χ1v) is 10.3. The minimum absolute atomic E-state index is 0.124. The molecule has 1 saturated carbocycles. The zero-order valence-electron chi connectivity index (χ0n) is 17.1. The lowest BCUT2D eigenvalue weighted by Crippen LogP contribution is -2.42. The van der Waals surface area contributed by atoms with E-state index in [1.54, 1.807) is 19.5 Å². The minimum Gasteiger partial charge on any atom is -0.494 e. The second-order valence-corrected chi connectivity index (χ2v) is 8.30. The number of ether oxygens (including phenoxy) is 1. The Bertz CT molecular complexity index is 846. The van der Waals surface area contributed by atoms with Gasteiger partial charge in [0.05, 0.1) is 31.3 Å². The molecule has 3 heterocycles. The molecule has 150 valence electrons. The number of piperidine rings is 1. The maximum atomic E-state index is 10.0. The molecule has 28 heavy (non-hydrogen) atoms. The predicted octanol–water partition coefficient (Wildman–Crippen LogP) is 3.75.